The van der Waals surface area contributed by atoms with E-state index in [-0.39, 0.29) is 5.97 Å². The fraction of sp³-hybridized carbons (Fsp3) is 0.222. The third-order valence-electron chi connectivity index (χ3n) is 1.31. The van der Waals surface area contributed by atoms with Gasteiger partial charge in [0.15, 0.2) is 0 Å². The molecule has 1 aromatic rings. The minimum absolute atomic E-state index is 0.363. The van der Waals surface area contributed by atoms with Gasteiger partial charge in [-0.3, -0.25) is 0 Å². The quantitative estimate of drug-likeness (QED) is 0.528. The highest BCUT2D eigenvalue weighted by Gasteiger charge is 2.05. The van der Waals surface area contributed by atoms with Crippen LogP contribution >= 0.6 is 0 Å². The zero-order valence-electron chi connectivity index (χ0n) is 6.83. The van der Waals surface area contributed by atoms with Gasteiger partial charge in [-0.05, 0) is 19.1 Å². The van der Waals surface area contributed by atoms with Crippen molar-refractivity contribution < 1.29 is 9.53 Å². The van der Waals surface area contributed by atoms with Crippen LogP contribution in [0.3, 0.4) is 0 Å². The van der Waals surface area contributed by atoms with Crippen LogP contribution in [0, 0.1) is 6.07 Å². The van der Waals surface area contributed by atoms with Crippen molar-refractivity contribution >= 4 is 11.7 Å². The van der Waals surface area contributed by atoms with Crippen LogP contribution in [0.2, 0.25) is 0 Å². The number of nitrogens with two attached hydrogens (primary N) is 1. The molecule has 0 amide bonds. The van der Waals surface area contributed by atoms with Crippen molar-refractivity contribution in [1.29, 1.82) is 0 Å². The van der Waals surface area contributed by atoms with E-state index in [9.17, 15) is 4.79 Å². The average molecular weight is 164 g/mol. The first-order valence-electron chi connectivity index (χ1n) is 3.69. The maximum absolute atomic E-state index is 11.1. The predicted octanol–water partition coefficient (Wildman–Crippen LogP) is 1.25. The maximum atomic E-state index is 11.1. The number of esters is 1. The number of rotatable bonds is 2. The Labute approximate surface area is 71.1 Å². The Kier molecular flexibility index (Phi) is 2.69. The zero-order chi connectivity index (χ0) is 8.97. The molecule has 63 valence electrons. The van der Waals surface area contributed by atoms with E-state index in [1.54, 1.807) is 25.1 Å². The van der Waals surface area contributed by atoms with E-state index in [2.05, 4.69) is 6.07 Å². The lowest BCUT2D eigenvalue weighted by molar-refractivity contribution is 0.0526. The number of carbonyl (C=O) groups excluding carboxylic acids is 1. The predicted molar refractivity (Wildman–Crippen MR) is 45.6 cm³/mol. The molecule has 0 saturated heterocycles. The number of carbonyl (C=O) groups is 1. The first-order valence-corrected chi connectivity index (χ1v) is 3.69. The standard InChI is InChI=1S/C9H10NO2/c1-2-12-9(11)7-4-3-5-8(10)6-7/h3-5H,2,10H2,1H3. The zero-order valence-corrected chi connectivity index (χ0v) is 6.83. The van der Waals surface area contributed by atoms with Crippen molar-refractivity contribution in [3.63, 3.8) is 0 Å². The van der Waals surface area contributed by atoms with Crippen molar-refractivity contribution in [3.05, 3.63) is 29.8 Å². The molecule has 1 rings (SSSR count). The molecule has 2 N–H and O–H groups in total. The van der Waals surface area contributed by atoms with Crippen LogP contribution in [0.1, 0.15) is 17.3 Å². The molecule has 0 saturated carbocycles. The van der Waals surface area contributed by atoms with Crippen molar-refractivity contribution in [2.75, 3.05) is 12.3 Å². The van der Waals surface area contributed by atoms with E-state index in [1.165, 1.54) is 0 Å². The highest BCUT2D eigenvalue weighted by atomic mass is 16.5. The van der Waals surface area contributed by atoms with Gasteiger partial charge >= 0.3 is 5.97 Å². The molecule has 0 fully saturated rings. The summed E-state index contributed by atoms with van der Waals surface area (Å²) in [4.78, 5) is 11.1. The number of hydrogen-bond acceptors (Lipinski definition) is 3. The summed E-state index contributed by atoms with van der Waals surface area (Å²) in [7, 11) is 0. The van der Waals surface area contributed by atoms with E-state index in [1.807, 2.05) is 0 Å². The van der Waals surface area contributed by atoms with Gasteiger partial charge in [-0.15, -0.1) is 0 Å². The second-order valence-electron chi connectivity index (χ2n) is 2.24. The summed E-state index contributed by atoms with van der Waals surface area (Å²) < 4.78 is 4.76. The maximum Gasteiger partial charge on any atom is 0.338 e. The molecule has 1 radical (unpaired) electrons. The van der Waals surface area contributed by atoms with E-state index in [4.69, 9.17) is 10.5 Å². The van der Waals surface area contributed by atoms with Gasteiger partial charge in [-0.1, -0.05) is 6.07 Å². The molecule has 12 heavy (non-hydrogen) atoms. The minimum Gasteiger partial charge on any atom is -0.462 e. The van der Waals surface area contributed by atoms with Crippen molar-refractivity contribution in [1.82, 2.24) is 0 Å². The number of nitrogen functional groups attached to an aromatic ring is 1. The van der Waals surface area contributed by atoms with Crippen LogP contribution in [0.4, 0.5) is 5.69 Å². The van der Waals surface area contributed by atoms with Gasteiger partial charge in [0, 0.05) is 11.8 Å². The van der Waals surface area contributed by atoms with Gasteiger partial charge in [0.25, 0.3) is 0 Å². The lowest BCUT2D eigenvalue weighted by Gasteiger charge is -2.00. The van der Waals surface area contributed by atoms with E-state index in [0.717, 1.165) is 0 Å². The monoisotopic (exact) mass is 164 g/mol. The Bertz CT molecular complexity index is 284. The van der Waals surface area contributed by atoms with Crippen LogP contribution in [0.15, 0.2) is 18.2 Å². The fourth-order valence-corrected chi connectivity index (χ4v) is 0.815. The molecule has 0 aliphatic carbocycles. The molecular weight excluding hydrogens is 154 g/mol. The molecule has 1 aromatic carbocycles. The second kappa shape index (κ2) is 3.76. The molecule has 0 atom stereocenters. The van der Waals surface area contributed by atoms with Crippen molar-refractivity contribution in [3.8, 4) is 0 Å². The summed E-state index contributed by atoms with van der Waals surface area (Å²) in [5.41, 5.74) is 6.25. The summed E-state index contributed by atoms with van der Waals surface area (Å²) >= 11 is 0. The molecule has 0 aromatic heterocycles. The largest absolute Gasteiger partial charge is 0.462 e. The van der Waals surface area contributed by atoms with E-state index < -0.39 is 0 Å². The van der Waals surface area contributed by atoms with Gasteiger partial charge in [0.1, 0.15) is 0 Å². The normalized spacial score (nSPS) is 9.42. The molecule has 0 heterocycles. The van der Waals surface area contributed by atoms with Crippen LogP contribution in [-0.2, 0) is 4.74 Å². The molecule has 3 nitrogen and oxygen atoms in total. The summed E-state index contributed by atoms with van der Waals surface area (Å²) in [5.74, 6) is -0.384. The van der Waals surface area contributed by atoms with Gasteiger partial charge < -0.3 is 10.5 Å². The minimum atomic E-state index is -0.384. The van der Waals surface area contributed by atoms with Crippen molar-refractivity contribution in [2.24, 2.45) is 0 Å². The van der Waals surface area contributed by atoms with Crippen LogP contribution in [0.25, 0.3) is 0 Å². The molecule has 0 aliphatic heterocycles. The number of ether oxygens (including phenoxy) is 1. The first kappa shape index (κ1) is 8.59. The molecule has 0 bridgehead atoms. The van der Waals surface area contributed by atoms with Gasteiger partial charge in [0.05, 0.1) is 12.2 Å². The van der Waals surface area contributed by atoms with E-state index in [0.29, 0.717) is 17.9 Å². The van der Waals surface area contributed by atoms with Crippen LogP contribution in [-0.4, -0.2) is 12.6 Å². The first-order chi connectivity index (χ1) is 5.74. The smallest absolute Gasteiger partial charge is 0.338 e. The van der Waals surface area contributed by atoms with Crippen molar-refractivity contribution in [2.45, 2.75) is 6.92 Å². The summed E-state index contributed by atoms with van der Waals surface area (Å²) in [6.45, 7) is 2.12. The molecule has 3 heteroatoms. The fourth-order valence-electron chi connectivity index (χ4n) is 0.815. The van der Waals surface area contributed by atoms with Crippen LogP contribution < -0.4 is 5.73 Å². The lowest BCUT2D eigenvalue weighted by atomic mass is 10.2. The summed E-state index contributed by atoms with van der Waals surface area (Å²) in [6.07, 6.45) is 0. The third kappa shape index (κ3) is 1.99. The van der Waals surface area contributed by atoms with Gasteiger partial charge in [-0.2, -0.15) is 0 Å². The number of anilines is 1. The summed E-state index contributed by atoms with van der Waals surface area (Å²) in [6, 6.07) is 7.68. The Hall–Kier alpha value is -1.51. The molecule has 0 unspecified atom stereocenters. The Balaban J connectivity index is 2.81. The van der Waals surface area contributed by atoms with Gasteiger partial charge in [0.2, 0.25) is 0 Å². The summed E-state index contributed by atoms with van der Waals surface area (Å²) in [5, 5.41) is 0. The molecule has 0 spiro atoms. The molecule has 0 aliphatic rings. The SMILES string of the molecule is CCOC(=O)c1[c]c(N)ccc1. The highest BCUT2D eigenvalue weighted by molar-refractivity contribution is 5.89. The Morgan fingerprint density at radius 2 is 2.42 bits per heavy atom. The van der Waals surface area contributed by atoms with Crippen LogP contribution in [0.5, 0.6) is 0 Å². The van der Waals surface area contributed by atoms with E-state index >= 15 is 0 Å². The number of benzene rings is 1. The third-order valence-corrected chi connectivity index (χ3v) is 1.31. The average Bonchev–Trinajstić information content (AvgIpc) is 2.05. The number of hydrogen-bond donors (Lipinski definition) is 1. The second-order valence-corrected chi connectivity index (χ2v) is 2.24. The highest BCUT2D eigenvalue weighted by Crippen LogP contribution is 2.06. The lowest BCUT2D eigenvalue weighted by Crippen LogP contribution is -2.05. The topological polar surface area (TPSA) is 52.3 Å². The van der Waals surface area contributed by atoms with Gasteiger partial charge in [-0.25, -0.2) is 4.79 Å². The Morgan fingerprint density at radius 3 is 3.00 bits per heavy atom. The molecular formula is C9H10NO2. The Morgan fingerprint density at radius 1 is 1.67 bits per heavy atom.